The molecular weight excluding hydrogens is 228 g/mol. The summed E-state index contributed by atoms with van der Waals surface area (Å²) in [4.78, 5) is 14.4. The fraction of sp³-hybridized carbons (Fsp3) is 0.769. The number of carbonyl (C=O) groups is 1. The summed E-state index contributed by atoms with van der Waals surface area (Å²) in [6.07, 6.45) is 10.4. The van der Waals surface area contributed by atoms with Crippen LogP contribution in [0.2, 0.25) is 0 Å². The maximum atomic E-state index is 12.4. The molecule has 2 heterocycles. The van der Waals surface area contributed by atoms with E-state index in [0.29, 0.717) is 17.7 Å². The Hall–Kier alpha value is -1.39. The van der Waals surface area contributed by atoms with Gasteiger partial charge in [-0.2, -0.15) is 15.4 Å². The maximum Gasteiger partial charge on any atom is 0.276 e. The molecule has 2 fully saturated rings. The van der Waals surface area contributed by atoms with Gasteiger partial charge in [0.05, 0.1) is 6.20 Å². The fourth-order valence-corrected chi connectivity index (χ4v) is 3.51. The first-order valence-electron chi connectivity index (χ1n) is 7.03. The average Bonchev–Trinajstić information content (AvgIpc) is 3.10. The van der Waals surface area contributed by atoms with Crippen molar-refractivity contribution in [3.8, 4) is 0 Å². The van der Waals surface area contributed by atoms with Crippen molar-refractivity contribution in [3.05, 3.63) is 11.9 Å². The number of aromatic amines is 1. The zero-order valence-corrected chi connectivity index (χ0v) is 10.6. The van der Waals surface area contributed by atoms with E-state index < -0.39 is 0 Å². The van der Waals surface area contributed by atoms with E-state index in [1.807, 2.05) is 4.90 Å². The molecule has 5 nitrogen and oxygen atoms in total. The van der Waals surface area contributed by atoms with Crippen LogP contribution in [0, 0.1) is 5.92 Å². The van der Waals surface area contributed by atoms with E-state index in [0.717, 1.165) is 19.4 Å². The van der Waals surface area contributed by atoms with E-state index in [1.54, 1.807) is 0 Å². The number of likely N-dealkylation sites (tertiary alicyclic amines) is 1. The average molecular weight is 248 g/mol. The van der Waals surface area contributed by atoms with Crippen LogP contribution in [0.15, 0.2) is 6.20 Å². The number of amides is 1. The van der Waals surface area contributed by atoms with Gasteiger partial charge in [0.25, 0.3) is 5.91 Å². The smallest absolute Gasteiger partial charge is 0.276 e. The molecule has 0 bridgehead atoms. The van der Waals surface area contributed by atoms with Crippen LogP contribution in [0.5, 0.6) is 0 Å². The number of H-pyrrole nitrogens is 1. The van der Waals surface area contributed by atoms with Crippen molar-refractivity contribution >= 4 is 5.91 Å². The van der Waals surface area contributed by atoms with Gasteiger partial charge in [-0.05, 0) is 31.6 Å². The number of hydrogen-bond acceptors (Lipinski definition) is 3. The lowest BCUT2D eigenvalue weighted by Gasteiger charge is -2.33. The second kappa shape index (κ2) is 5.08. The van der Waals surface area contributed by atoms with Gasteiger partial charge < -0.3 is 4.90 Å². The summed E-state index contributed by atoms with van der Waals surface area (Å²) in [5.74, 6) is 0.758. The number of carbonyl (C=O) groups excluding carboxylic acids is 1. The van der Waals surface area contributed by atoms with E-state index in [4.69, 9.17) is 0 Å². The number of aromatic nitrogens is 3. The molecule has 0 unspecified atom stereocenters. The molecule has 1 saturated carbocycles. The Labute approximate surface area is 107 Å². The molecule has 0 spiro atoms. The van der Waals surface area contributed by atoms with Crippen molar-refractivity contribution in [2.75, 3.05) is 6.54 Å². The van der Waals surface area contributed by atoms with Crippen LogP contribution < -0.4 is 0 Å². The van der Waals surface area contributed by atoms with Crippen molar-refractivity contribution in [2.45, 2.75) is 51.0 Å². The molecule has 18 heavy (non-hydrogen) atoms. The highest BCUT2D eigenvalue weighted by Crippen LogP contribution is 2.34. The Kier molecular flexibility index (Phi) is 3.30. The number of nitrogens with zero attached hydrogens (tertiary/aromatic N) is 3. The summed E-state index contributed by atoms with van der Waals surface area (Å²) < 4.78 is 0. The van der Waals surface area contributed by atoms with E-state index in [9.17, 15) is 4.79 Å². The molecule has 3 rings (SSSR count). The molecule has 2 aliphatic rings. The molecular formula is C13H20N4O. The first-order valence-corrected chi connectivity index (χ1v) is 7.03. The van der Waals surface area contributed by atoms with Crippen LogP contribution >= 0.6 is 0 Å². The number of nitrogens with one attached hydrogen (secondary N) is 1. The summed E-state index contributed by atoms with van der Waals surface area (Å²) in [5, 5.41) is 10.2. The first kappa shape index (κ1) is 11.7. The van der Waals surface area contributed by atoms with Gasteiger partial charge >= 0.3 is 0 Å². The first-order chi connectivity index (χ1) is 8.86. The van der Waals surface area contributed by atoms with Gasteiger partial charge in [0, 0.05) is 12.6 Å². The minimum absolute atomic E-state index is 0.0526. The minimum Gasteiger partial charge on any atom is -0.334 e. The Morgan fingerprint density at radius 1 is 1.22 bits per heavy atom. The summed E-state index contributed by atoms with van der Waals surface area (Å²) in [7, 11) is 0. The van der Waals surface area contributed by atoms with Gasteiger partial charge in [0.1, 0.15) is 0 Å². The molecule has 1 aromatic heterocycles. The van der Waals surface area contributed by atoms with Crippen molar-refractivity contribution in [3.63, 3.8) is 0 Å². The summed E-state index contributed by atoms with van der Waals surface area (Å²) in [6.45, 7) is 0.882. The van der Waals surface area contributed by atoms with Crippen molar-refractivity contribution in [2.24, 2.45) is 5.92 Å². The molecule has 1 aliphatic carbocycles. The van der Waals surface area contributed by atoms with Gasteiger partial charge in [-0.25, -0.2) is 0 Å². The van der Waals surface area contributed by atoms with E-state index in [2.05, 4.69) is 15.4 Å². The Morgan fingerprint density at radius 2 is 2.06 bits per heavy atom. The summed E-state index contributed by atoms with van der Waals surface area (Å²) >= 11 is 0. The van der Waals surface area contributed by atoms with Crippen molar-refractivity contribution in [1.29, 1.82) is 0 Å². The molecule has 1 amide bonds. The highest BCUT2D eigenvalue weighted by atomic mass is 16.2. The molecule has 1 N–H and O–H groups in total. The molecule has 5 heteroatoms. The van der Waals surface area contributed by atoms with Crippen molar-refractivity contribution in [1.82, 2.24) is 20.3 Å². The van der Waals surface area contributed by atoms with Gasteiger partial charge in [0.15, 0.2) is 5.69 Å². The summed E-state index contributed by atoms with van der Waals surface area (Å²) in [6, 6.07) is 0.439. The van der Waals surface area contributed by atoms with E-state index in [1.165, 1.54) is 38.3 Å². The molecule has 1 saturated heterocycles. The second-order valence-corrected chi connectivity index (χ2v) is 5.46. The third-order valence-corrected chi connectivity index (χ3v) is 4.39. The topological polar surface area (TPSA) is 61.9 Å². The third kappa shape index (κ3) is 2.13. The second-order valence-electron chi connectivity index (χ2n) is 5.46. The standard InChI is InChI=1S/C13H20N4O/c18-13(11-9-14-16-15-11)17-8-4-7-12(17)10-5-2-1-3-6-10/h9-10,12H,1-8H2,(H,14,15,16)/t12-/m0/s1. The SMILES string of the molecule is O=C(c1cn[nH]n1)N1CCC[C@H]1C1CCCCC1. The maximum absolute atomic E-state index is 12.4. The van der Waals surface area contributed by atoms with Crippen molar-refractivity contribution < 1.29 is 4.79 Å². The highest BCUT2D eigenvalue weighted by molar-refractivity contribution is 5.92. The summed E-state index contributed by atoms with van der Waals surface area (Å²) in [5.41, 5.74) is 0.456. The van der Waals surface area contributed by atoms with Gasteiger partial charge in [-0.1, -0.05) is 19.3 Å². The molecule has 98 valence electrons. The molecule has 0 aromatic carbocycles. The lowest BCUT2D eigenvalue weighted by atomic mass is 9.83. The van der Waals surface area contributed by atoms with E-state index in [-0.39, 0.29) is 5.91 Å². The molecule has 1 atom stereocenters. The van der Waals surface area contributed by atoms with Gasteiger partial charge in [-0.3, -0.25) is 4.79 Å². The van der Waals surface area contributed by atoms with Crippen LogP contribution in [-0.2, 0) is 0 Å². The van der Waals surface area contributed by atoms with Crippen LogP contribution in [0.3, 0.4) is 0 Å². The Balaban J connectivity index is 1.72. The highest BCUT2D eigenvalue weighted by Gasteiger charge is 2.36. The van der Waals surface area contributed by atoms with Crippen LogP contribution in [-0.4, -0.2) is 38.8 Å². The predicted octanol–water partition coefficient (Wildman–Crippen LogP) is 1.99. The lowest BCUT2D eigenvalue weighted by molar-refractivity contribution is 0.0655. The quantitative estimate of drug-likeness (QED) is 0.870. The molecule has 1 aliphatic heterocycles. The number of rotatable bonds is 2. The largest absolute Gasteiger partial charge is 0.334 e. The Bertz CT molecular complexity index is 397. The van der Waals surface area contributed by atoms with Crippen LogP contribution in [0.4, 0.5) is 0 Å². The number of hydrogen-bond donors (Lipinski definition) is 1. The minimum atomic E-state index is 0.0526. The predicted molar refractivity (Wildman–Crippen MR) is 67.0 cm³/mol. The van der Waals surface area contributed by atoms with Gasteiger partial charge in [-0.15, -0.1) is 0 Å². The monoisotopic (exact) mass is 248 g/mol. The third-order valence-electron chi connectivity index (χ3n) is 4.39. The van der Waals surface area contributed by atoms with Gasteiger partial charge in [0.2, 0.25) is 0 Å². The van der Waals surface area contributed by atoms with Crippen LogP contribution in [0.25, 0.3) is 0 Å². The lowest BCUT2D eigenvalue weighted by Crippen LogP contribution is -2.40. The molecule has 0 radical (unpaired) electrons. The van der Waals surface area contributed by atoms with E-state index >= 15 is 0 Å². The normalized spacial score (nSPS) is 25.6. The zero-order valence-electron chi connectivity index (χ0n) is 10.6. The zero-order chi connectivity index (χ0) is 12.4. The fourth-order valence-electron chi connectivity index (χ4n) is 3.51. The van der Waals surface area contributed by atoms with Crippen LogP contribution in [0.1, 0.15) is 55.4 Å². The molecule has 1 aromatic rings. The Morgan fingerprint density at radius 3 is 2.78 bits per heavy atom.